The van der Waals surface area contributed by atoms with E-state index in [1.165, 1.54) is 16.9 Å². The lowest BCUT2D eigenvalue weighted by Crippen LogP contribution is -2.29. The minimum Gasteiger partial charge on any atom is -0.382 e. The fraction of sp³-hybridized carbons (Fsp3) is 0.174. The molecule has 1 N–H and O–H groups in total. The number of hydrogen-bond acceptors (Lipinski definition) is 5. The van der Waals surface area contributed by atoms with E-state index in [-0.39, 0.29) is 11.8 Å². The lowest BCUT2D eigenvalue weighted by molar-refractivity contribution is -0.125. The van der Waals surface area contributed by atoms with Crippen LogP contribution in [0.5, 0.6) is 0 Å². The first-order valence-electron chi connectivity index (χ1n) is 9.87. The smallest absolute Gasteiger partial charge is 0.268 e. The van der Waals surface area contributed by atoms with Crippen LogP contribution < -0.4 is 10.2 Å². The molecule has 5 rings (SSSR count). The predicted octanol–water partition coefficient (Wildman–Crippen LogP) is 4.74. The number of benzene rings is 2. The molecule has 1 atom stereocenters. The van der Waals surface area contributed by atoms with Crippen LogP contribution in [0.25, 0.3) is 0 Å². The fourth-order valence-corrected chi connectivity index (χ4v) is 4.79. The summed E-state index contributed by atoms with van der Waals surface area (Å²) in [5.74, 6) is -0.330. The zero-order valence-electron chi connectivity index (χ0n) is 16.4. The second kappa shape index (κ2) is 8.17. The largest absolute Gasteiger partial charge is 0.382 e. The van der Waals surface area contributed by atoms with Crippen molar-refractivity contribution in [1.29, 1.82) is 0 Å². The molecule has 0 saturated heterocycles. The van der Waals surface area contributed by atoms with Gasteiger partial charge in [-0.25, -0.2) is 0 Å². The zero-order chi connectivity index (χ0) is 21.4. The van der Waals surface area contributed by atoms with Crippen molar-refractivity contribution in [2.45, 2.75) is 18.9 Å². The number of para-hydroxylation sites is 1. The average Bonchev–Trinajstić information content (AvgIpc) is 3.53. The maximum absolute atomic E-state index is 12.9. The van der Waals surface area contributed by atoms with Crippen molar-refractivity contribution in [3.05, 3.63) is 81.0 Å². The van der Waals surface area contributed by atoms with Gasteiger partial charge in [-0.3, -0.25) is 9.59 Å². The number of fused-ring (bicyclic) bond motifs is 1. The average molecular weight is 452 g/mol. The molecule has 0 radical (unpaired) electrons. The molecule has 6 nitrogen and oxygen atoms in total. The molecule has 31 heavy (non-hydrogen) atoms. The van der Waals surface area contributed by atoms with Crippen molar-refractivity contribution in [2.24, 2.45) is 5.16 Å². The van der Waals surface area contributed by atoms with Gasteiger partial charge < -0.3 is 15.1 Å². The summed E-state index contributed by atoms with van der Waals surface area (Å²) in [7, 11) is 0. The van der Waals surface area contributed by atoms with Gasteiger partial charge in [-0.15, -0.1) is 11.3 Å². The number of carbonyl (C=O) groups excluding carboxylic acids is 2. The summed E-state index contributed by atoms with van der Waals surface area (Å²) in [5.41, 5.74) is 4.03. The molecular weight excluding hydrogens is 434 g/mol. The lowest BCUT2D eigenvalue weighted by atomic mass is 10.1. The number of rotatable bonds is 4. The summed E-state index contributed by atoms with van der Waals surface area (Å²) < 4.78 is 0.664. The molecule has 8 heteroatoms. The van der Waals surface area contributed by atoms with Crippen molar-refractivity contribution in [3.8, 4) is 0 Å². The Morgan fingerprint density at radius 3 is 2.68 bits per heavy atom. The van der Waals surface area contributed by atoms with E-state index in [4.69, 9.17) is 16.4 Å². The van der Waals surface area contributed by atoms with Crippen LogP contribution in [0.3, 0.4) is 0 Å². The Morgan fingerprint density at radius 1 is 1.10 bits per heavy atom. The highest BCUT2D eigenvalue weighted by atomic mass is 35.5. The molecule has 3 aromatic rings. The SMILES string of the molecule is O=C(Nc1ccc(C(=O)N2CCc3ccccc32)cc1)C1CC(c2ccc(Cl)s2)=NO1. The van der Waals surface area contributed by atoms with Crippen molar-refractivity contribution in [2.75, 3.05) is 16.8 Å². The number of amides is 2. The molecule has 0 spiro atoms. The molecule has 0 saturated carbocycles. The summed E-state index contributed by atoms with van der Waals surface area (Å²) in [5, 5.41) is 6.85. The molecule has 0 aliphatic carbocycles. The van der Waals surface area contributed by atoms with E-state index >= 15 is 0 Å². The normalized spacial score (nSPS) is 17.1. The Balaban J connectivity index is 1.21. The summed E-state index contributed by atoms with van der Waals surface area (Å²) in [6.07, 6.45) is 0.547. The third-order valence-corrected chi connectivity index (χ3v) is 6.63. The van der Waals surface area contributed by atoms with Crippen molar-refractivity contribution in [3.63, 3.8) is 0 Å². The third-order valence-electron chi connectivity index (χ3n) is 5.35. The maximum atomic E-state index is 12.9. The summed E-state index contributed by atoms with van der Waals surface area (Å²) in [4.78, 5) is 33.5. The molecule has 2 aromatic carbocycles. The van der Waals surface area contributed by atoms with Crippen LogP contribution in [0.1, 0.15) is 27.2 Å². The highest BCUT2D eigenvalue weighted by Gasteiger charge is 2.30. The van der Waals surface area contributed by atoms with Gasteiger partial charge in [0, 0.05) is 29.9 Å². The first-order valence-corrected chi connectivity index (χ1v) is 11.1. The molecule has 156 valence electrons. The third kappa shape index (κ3) is 3.94. The molecule has 1 unspecified atom stereocenters. The van der Waals surface area contributed by atoms with Crippen molar-refractivity contribution < 1.29 is 14.4 Å². The standard InChI is InChI=1S/C23H18ClN3O3S/c24-21-10-9-20(31-21)17-13-19(30-26-17)22(28)25-16-7-5-15(6-8-16)23(29)27-12-11-14-3-1-2-4-18(14)27/h1-10,19H,11-13H2,(H,25,28). The van der Waals surface area contributed by atoms with Crippen LogP contribution in [0.15, 0.2) is 65.8 Å². The topological polar surface area (TPSA) is 71.0 Å². The first-order chi connectivity index (χ1) is 15.1. The number of oxime groups is 1. The Morgan fingerprint density at radius 2 is 1.90 bits per heavy atom. The van der Waals surface area contributed by atoms with Crippen LogP contribution in [0.2, 0.25) is 4.34 Å². The molecular formula is C23H18ClN3O3S. The van der Waals surface area contributed by atoms with Gasteiger partial charge in [0.2, 0.25) is 6.10 Å². The van der Waals surface area contributed by atoms with Crippen LogP contribution in [0.4, 0.5) is 11.4 Å². The van der Waals surface area contributed by atoms with E-state index < -0.39 is 6.10 Å². The predicted molar refractivity (Wildman–Crippen MR) is 122 cm³/mol. The van der Waals surface area contributed by atoms with E-state index in [1.54, 1.807) is 35.2 Å². The van der Waals surface area contributed by atoms with E-state index in [1.807, 2.05) is 24.3 Å². The molecule has 2 aliphatic rings. The minimum atomic E-state index is -0.696. The number of hydrogen-bond donors (Lipinski definition) is 1. The molecule has 2 amide bonds. The monoisotopic (exact) mass is 451 g/mol. The van der Waals surface area contributed by atoms with Crippen LogP contribution >= 0.6 is 22.9 Å². The summed E-state index contributed by atoms with van der Waals surface area (Å²) in [6.45, 7) is 0.674. The maximum Gasteiger partial charge on any atom is 0.268 e. The Hall–Kier alpha value is -3.16. The lowest BCUT2D eigenvalue weighted by Gasteiger charge is -2.17. The van der Waals surface area contributed by atoms with Gasteiger partial charge in [-0.2, -0.15) is 0 Å². The van der Waals surface area contributed by atoms with Crippen molar-refractivity contribution in [1.82, 2.24) is 0 Å². The Kier molecular flexibility index (Phi) is 5.21. The molecule has 3 heterocycles. The number of anilines is 2. The second-order valence-corrected chi connectivity index (χ2v) is 9.06. The van der Waals surface area contributed by atoms with E-state index in [2.05, 4.69) is 16.5 Å². The van der Waals surface area contributed by atoms with E-state index in [0.717, 1.165) is 17.0 Å². The number of thiophene rings is 1. The molecule has 1 aromatic heterocycles. The van der Waals surface area contributed by atoms with Gasteiger partial charge >= 0.3 is 0 Å². The van der Waals surface area contributed by atoms with Crippen LogP contribution in [-0.2, 0) is 16.1 Å². The second-order valence-electron chi connectivity index (χ2n) is 7.34. The number of halogens is 1. The van der Waals surface area contributed by atoms with Crippen molar-refractivity contribution >= 4 is 51.8 Å². The van der Waals surface area contributed by atoms with Gasteiger partial charge in [-0.05, 0) is 54.4 Å². The number of nitrogens with zero attached hydrogens (tertiary/aromatic N) is 2. The molecule has 0 fully saturated rings. The summed E-state index contributed by atoms with van der Waals surface area (Å²) >= 11 is 7.36. The summed E-state index contributed by atoms with van der Waals surface area (Å²) in [6, 6.07) is 18.5. The van der Waals surface area contributed by atoms with Gasteiger partial charge in [0.05, 0.1) is 9.21 Å². The van der Waals surface area contributed by atoms with Gasteiger partial charge in [0.25, 0.3) is 11.8 Å². The highest BCUT2D eigenvalue weighted by Crippen LogP contribution is 2.29. The van der Waals surface area contributed by atoms with Crippen LogP contribution in [-0.4, -0.2) is 30.2 Å². The highest BCUT2D eigenvalue weighted by molar-refractivity contribution is 7.18. The quantitative estimate of drug-likeness (QED) is 0.623. The van der Waals surface area contributed by atoms with E-state index in [0.29, 0.717) is 34.3 Å². The van der Waals surface area contributed by atoms with Gasteiger partial charge in [-0.1, -0.05) is 35.0 Å². The molecule has 0 bridgehead atoms. The van der Waals surface area contributed by atoms with Crippen LogP contribution in [0, 0.1) is 0 Å². The Labute approximate surface area is 188 Å². The zero-order valence-corrected chi connectivity index (χ0v) is 17.9. The van der Waals surface area contributed by atoms with E-state index in [9.17, 15) is 9.59 Å². The first kappa shape index (κ1) is 19.8. The number of carbonyl (C=O) groups is 2. The number of nitrogens with one attached hydrogen (secondary N) is 1. The van der Waals surface area contributed by atoms with Gasteiger partial charge in [0.1, 0.15) is 5.71 Å². The van der Waals surface area contributed by atoms with Gasteiger partial charge in [0.15, 0.2) is 0 Å². The minimum absolute atomic E-state index is 0.0467. The molecule has 2 aliphatic heterocycles. The Bertz CT molecular complexity index is 1190. The fourth-order valence-electron chi connectivity index (χ4n) is 3.76.